The molecule has 4 heteroatoms. The Morgan fingerprint density at radius 2 is 1.59 bits per heavy atom. The predicted molar refractivity (Wildman–Crippen MR) is 140 cm³/mol. The number of ether oxygens (including phenoxy) is 1. The van der Waals surface area contributed by atoms with E-state index in [4.69, 9.17) is 9.72 Å². The zero-order valence-corrected chi connectivity index (χ0v) is 20.4. The summed E-state index contributed by atoms with van der Waals surface area (Å²) >= 11 is 0. The Bertz CT molecular complexity index is 1140. The standard InChI is InChI=1S/C30H35N3O/c1-3-4-19-33-28(22-31-30(33)27-15-9-6-10-16-27)24-32(20-18-25-12-7-5-8-13-25)23-26-14-11-17-29(21-26)34-2/h5-17,21-22H,3-4,18-20,23-24H2,1-2H3. The molecule has 0 atom stereocenters. The van der Waals surface area contributed by atoms with Crippen LogP contribution in [0.25, 0.3) is 11.4 Å². The number of hydrogen-bond donors (Lipinski definition) is 0. The molecule has 176 valence electrons. The normalized spacial score (nSPS) is 11.1. The minimum absolute atomic E-state index is 0.855. The number of unbranched alkanes of at least 4 members (excludes halogenated alkanes) is 1. The van der Waals surface area contributed by atoms with Gasteiger partial charge in [0, 0.05) is 31.7 Å². The van der Waals surface area contributed by atoms with Gasteiger partial charge in [0.25, 0.3) is 0 Å². The second kappa shape index (κ2) is 12.2. The molecule has 0 unspecified atom stereocenters. The first-order valence-electron chi connectivity index (χ1n) is 12.3. The fourth-order valence-corrected chi connectivity index (χ4v) is 4.32. The van der Waals surface area contributed by atoms with E-state index in [1.807, 2.05) is 6.07 Å². The number of benzene rings is 3. The second-order valence-corrected chi connectivity index (χ2v) is 8.74. The molecule has 0 aliphatic heterocycles. The van der Waals surface area contributed by atoms with Crippen LogP contribution >= 0.6 is 0 Å². The molecule has 0 N–H and O–H groups in total. The molecule has 4 rings (SSSR count). The van der Waals surface area contributed by atoms with E-state index in [0.29, 0.717) is 0 Å². The van der Waals surface area contributed by atoms with Crippen LogP contribution in [-0.2, 0) is 26.1 Å². The van der Waals surface area contributed by atoms with Crippen LogP contribution in [0.2, 0.25) is 0 Å². The average Bonchev–Trinajstić information content (AvgIpc) is 3.29. The average molecular weight is 454 g/mol. The molecule has 3 aromatic carbocycles. The molecule has 0 aliphatic rings. The zero-order chi connectivity index (χ0) is 23.6. The quantitative estimate of drug-likeness (QED) is 0.242. The third kappa shape index (κ3) is 6.36. The minimum Gasteiger partial charge on any atom is -0.497 e. The summed E-state index contributed by atoms with van der Waals surface area (Å²) < 4.78 is 7.88. The summed E-state index contributed by atoms with van der Waals surface area (Å²) in [5.41, 5.74) is 5.06. The fraction of sp³-hybridized carbons (Fsp3) is 0.300. The third-order valence-electron chi connectivity index (χ3n) is 6.19. The van der Waals surface area contributed by atoms with Crippen molar-refractivity contribution in [3.05, 3.63) is 108 Å². The summed E-state index contributed by atoms with van der Waals surface area (Å²) in [4.78, 5) is 7.39. The molecule has 4 aromatic rings. The molecular weight excluding hydrogens is 418 g/mol. The molecule has 0 radical (unpaired) electrons. The number of rotatable bonds is 12. The maximum atomic E-state index is 5.47. The summed E-state index contributed by atoms with van der Waals surface area (Å²) in [7, 11) is 1.73. The molecule has 0 amide bonds. The molecule has 34 heavy (non-hydrogen) atoms. The summed E-state index contributed by atoms with van der Waals surface area (Å²) in [6.07, 6.45) is 5.38. The molecule has 0 saturated carbocycles. The molecule has 1 heterocycles. The van der Waals surface area contributed by atoms with Crippen LogP contribution in [0.15, 0.2) is 91.1 Å². The summed E-state index contributed by atoms with van der Waals surface area (Å²) in [5, 5.41) is 0. The van der Waals surface area contributed by atoms with Gasteiger partial charge in [-0.15, -0.1) is 0 Å². The van der Waals surface area contributed by atoms with E-state index in [2.05, 4.69) is 101 Å². The van der Waals surface area contributed by atoms with Crippen molar-refractivity contribution in [2.24, 2.45) is 0 Å². The van der Waals surface area contributed by atoms with Gasteiger partial charge in [0.05, 0.1) is 19.0 Å². The van der Waals surface area contributed by atoms with Crippen molar-refractivity contribution in [1.82, 2.24) is 14.5 Å². The van der Waals surface area contributed by atoms with E-state index in [9.17, 15) is 0 Å². The number of aromatic nitrogens is 2. The smallest absolute Gasteiger partial charge is 0.140 e. The highest BCUT2D eigenvalue weighted by Gasteiger charge is 2.16. The van der Waals surface area contributed by atoms with Crippen LogP contribution in [0.4, 0.5) is 0 Å². The van der Waals surface area contributed by atoms with E-state index < -0.39 is 0 Å². The topological polar surface area (TPSA) is 30.3 Å². The van der Waals surface area contributed by atoms with E-state index >= 15 is 0 Å². The summed E-state index contributed by atoms with van der Waals surface area (Å²) in [6, 6.07) is 29.7. The first-order valence-corrected chi connectivity index (χ1v) is 12.3. The lowest BCUT2D eigenvalue weighted by Crippen LogP contribution is -2.27. The van der Waals surface area contributed by atoms with Crippen LogP contribution in [0.5, 0.6) is 5.75 Å². The highest BCUT2D eigenvalue weighted by atomic mass is 16.5. The highest BCUT2D eigenvalue weighted by Crippen LogP contribution is 2.23. The van der Waals surface area contributed by atoms with Crippen molar-refractivity contribution >= 4 is 0 Å². The van der Waals surface area contributed by atoms with Gasteiger partial charge in [-0.05, 0) is 36.1 Å². The Morgan fingerprint density at radius 3 is 2.32 bits per heavy atom. The first kappa shape index (κ1) is 23.8. The Labute approximate surface area is 203 Å². The summed E-state index contributed by atoms with van der Waals surface area (Å²) in [6.45, 7) is 5.92. The number of methoxy groups -OCH3 is 1. The third-order valence-corrected chi connectivity index (χ3v) is 6.19. The second-order valence-electron chi connectivity index (χ2n) is 8.74. The van der Waals surface area contributed by atoms with Gasteiger partial charge in [0.2, 0.25) is 0 Å². The van der Waals surface area contributed by atoms with Crippen molar-refractivity contribution in [1.29, 1.82) is 0 Å². The zero-order valence-electron chi connectivity index (χ0n) is 20.4. The van der Waals surface area contributed by atoms with Gasteiger partial charge in [0.15, 0.2) is 0 Å². The van der Waals surface area contributed by atoms with Gasteiger partial charge >= 0.3 is 0 Å². The molecule has 4 nitrogen and oxygen atoms in total. The molecular formula is C30H35N3O. The van der Waals surface area contributed by atoms with Gasteiger partial charge in [-0.25, -0.2) is 4.98 Å². The maximum absolute atomic E-state index is 5.47. The lowest BCUT2D eigenvalue weighted by Gasteiger charge is -2.24. The van der Waals surface area contributed by atoms with Gasteiger partial charge in [-0.3, -0.25) is 4.90 Å². The van der Waals surface area contributed by atoms with Gasteiger partial charge in [-0.1, -0.05) is 86.1 Å². The van der Waals surface area contributed by atoms with Crippen LogP contribution < -0.4 is 4.74 Å². The molecule has 1 aromatic heterocycles. The van der Waals surface area contributed by atoms with Crippen LogP contribution in [0, 0.1) is 0 Å². The molecule has 0 spiro atoms. The molecule has 0 fully saturated rings. The van der Waals surface area contributed by atoms with E-state index in [1.54, 1.807) is 7.11 Å². The van der Waals surface area contributed by atoms with Crippen molar-refractivity contribution in [2.45, 2.75) is 45.8 Å². The highest BCUT2D eigenvalue weighted by molar-refractivity contribution is 5.55. The van der Waals surface area contributed by atoms with E-state index in [-0.39, 0.29) is 0 Å². The largest absolute Gasteiger partial charge is 0.497 e. The Kier molecular flexibility index (Phi) is 8.53. The minimum atomic E-state index is 0.855. The molecule has 0 saturated heterocycles. The Balaban J connectivity index is 1.59. The fourth-order valence-electron chi connectivity index (χ4n) is 4.32. The monoisotopic (exact) mass is 453 g/mol. The predicted octanol–water partition coefficient (Wildman–Crippen LogP) is 6.60. The van der Waals surface area contributed by atoms with Crippen LogP contribution in [-0.4, -0.2) is 28.1 Å². The van der Waals surface area contributed by atoms with Crippen LogP contribution in [0.3, 0.4) is 0 Å². The van der Waals surface area contributed by atoms with Crippen molar-refractivity contribution in [2.75, 3.05) is 13.7 Å². The van der Waals surface area contributed by atoms with E-state index in [1.165, 1.54) is 22.4 Å². The maximum Gasteiger partial charge on any atom is 0.140 e. The number of nitrogens with zero attached hydrogens (tertiary/aromatic N) is 3. The van der Waals surface area contributed by atoms with Crippen molar-refractivity contribution < 1.29 is 4.74 Å². The summed E-state index contributed by atoms with van der Waals surface area (Å²) in [5.74, 6) is 1.97. The van der Waals surface area contributed by atoms with Crippen LogP contribution in [0.1, 0.15) is 36.6 Å². The SMILES string of the molecule is CCCCn1c(CN(CCc2ccccc2)Cc2cccc(OC)c2)cnc1-c1ccccc1. The van der Waals surface area contributed by atoms with Gasteiger partial charge in [0.1, 0.15) is 11.6 Å². The number of hydrogen-bond acceptors (Lipinski definition) is 3. The molecule has 0 aliphatic carbocycles. The Hall–Kier alpha value is -3.37. The van der Waals surface area contributed by atoms with Gasteiger partial charge in [-0.2, -0.15) is 0 Å². The van der Waals surface area contributed by atoms with E-state index in [0.717, 1.165) is 57.0 Å². The van der Waals surface area contributed by atoms with Crippen molar-refractivity contribution in [3.8, 4) is 17.1 Å². The molecule has 0 bridgehead atoms. The lowest BCUT2D eigenvalue weighted by atomic mass is 10.1. The van der Waals surface area contributed by atoms with Gasteiger partial charge < -0.3 is 9.30 Å². The lowest BCUT2D eigenvalue weighted by molar-refractivity contribution is 0.252. The Morgan fingerprint density at radius 1 is 0.853 bits per heavy atom. The number of imidazole rings is 1. The van der Waals surface area contributed by atoms with Crippen molar-refractivity contribution in [3.63, 3.8) is 0 Å². The first-order chi connectivity index (χ1) is 16.8.